The number of nitrogens with zero attached hydrogens (tertiary/aromatic N) is 1. The number of halogens is 2. The van der Waals surface area contributed by atoms with E-state index in [1.54, 1.807) is 0 Å². The molecule has 1 heterocycles. The first-order valence-electron chi connectivity index (χ1n) is 8.58. The summed E-state index contributed by atoms with van der Waals surface area (Å²) in [5.41, 5.74) is 6.13. The summed E-state index contributed by atoms with van der Waals surface area (Å²) in [4.78, 5) is 14.6. The number of amides is 1. The van der Waals surface area contributed by atoms with E-state index < -0.39 is 6.04 Å². The Morgan fingerprint density at radius 2 is 1.76 bits per heavy atom. The van der Waals surface area contributed by atoms with Gasteiger partial charge in [-0.15, -0.1) is 38.0 Å². The van der Waals surface area contributed by atoms with Crippen LogP contribution >= 0.6 is 24.8 Å². The first-order chi connectivity index (χ1) is 11.0. The van der Waals surface area contributed by atoms with Gasteiger partial charge in [0.1, 0.15) is 0 Å². The predicted octanol–water partition coefficient (Wildman–Crippen LogP) is 2.40. The first kappa shape index (κ1) is 26.6. The molecule has 25 heavy (non-hydrogen) atoms. The molecule has 0 aromatic carbocycles. The van der Waals surface area contributed by atoms with Crippen molar-refractivity contribution in [3.8, 4) is 0 Å². The number of nitrogens with one attached hydrogen (secondary N) is 1. The molecule has 0 saturated carbocycles. The van der Waals surface area contributed by atoms with E-state index >= 15 is 0 Å². The summed E-state index contributed by atoms with van der Waals surface area (Å²) >= 11 is 0. The van der Waals surface area contributed by atoms with Gasteiger partial charge >= 0.3 is 0 Å². The smallest absolute Gasteiger partial charge is 0.237 e. The Labute approximate surface area is 165 Å². The molecule has 148 valence electrons. The molecule has 0 aromatic heterocycles. The van der Waals surface area contributed by atoms with Gasteiger partial charge in [-0.25, -0.2) is 0 Å². The van der Waals surface area contributed by atoms with Gasteiger partial charge in [-0.3, -0.25) is 9.69 Å². The van der Waals surface area contributed by atoms with Crippen molar-refractivity contribution < 1.29 is 9.53 Å². The zero-order valence-corrected chi connectivity index (χ0v) is 17.1. The van der Waals surface area contributed by atoms with Gasteiger partial charge in [-0.05, 0) is 24.7 Å². The van der Waals surface area contributed by atoms with Crippen molar-refractivity contribution in [3.63, 3.8) is 0 Å². The topological polar surface area (TPSA) is 67.6 Å². The van der Waals surface area contributed by atoms with E-state index in [-0.39, 0.29) is 42.7 Å². The minimum Gasteiger partial charge on any atom is -0.381 e. The summed E-state index contributed by atoms with van der Waals surface area (Å²) in [6.45, 7) is 15.5. The van der Waals surface area contributed by atoms with Gasteiger partial charge in [0.2, 0.25) is 5.91 Å². The third kappa shape index (κ3) is 9.06. The second-order valence-electron chi connectivity index (χ2n) is 6.56. The quantitative estimate of drug-likeness (QED) is 0.557. The summed E-state index contributed by atoms with van der Waals surface area (Å²) in [6.07, 6.45) is 5.49. The normalized spacial score (nSPS) is 17.2. The van der Waals surface area contributed by atoms with Crippen LogP contribution in [0.15, 0.2) is 25.3 Å². The Balaban J connectivity index is 0. The van der Waals surface area contributed by atoms with Crippen LogP contribution in [0.1, 0.15) is 26.7 Å². The Bertz CT molecular complexity index is 379. The lowest BCUT2D eigenvalue weighted by molar-refractivity contribution is -0.124. The molecule has 5 nitrogen and oxygen atoms in total. The fourth-order valence-corrected chi connectivity index (χ4v) is 3.08. The van der Waals surface area contributed by atoms with Gasteiger partial charge in [-0.1, -0.05) is 26.0 Å². The highest BCUT2D eigenvalue weighted by molar-refractivity contribution is 5.85. The number of hydrogen-bond acceptors (Lipinski definition) is 4. The summed E-state index contributed by atoms with van der Waals surface area (Å²) in [5, 5.41) is 3.04. The fraction of sp³-hybridized carbons (Fsp3) is 0.722. The highest BCUT2D eigenvalue weighted by atomic mass is 35.5. The first-order valence-corrected chi connectivity index (χ1v) is 8.58. The number of ether oxygens (including phenoxy) is 1. The number of carbonyl (C=O) groups is 1. The highest BCUT2D eigenvalue weighted by Gasteiger charge is 2.28. The average molecular weight is 396 g/mol. The minimum atomic E-state index is -0.445. The van der Waals surface area contributed by atoms with Crippen LogP contribution in [0.2, 0.25) is 0 Å². The second kappa shape index (κ2) is 14.6. The lowest BCUT2D eigenvalue weighted by atomic mass is 9.91. The van der Waals surface area contributed by atoms with E-state index in [0.717, 1.165) is 25.9 Å². The highest BCUT2D eigenvalue weighted by Crippen LogP contribution is 2.18. The molecule has 1 fully saturated rings. The Kier molecular flexibility index (Phi) is 15.5. The molecule has 0 aliphatic carbocycles. The molecule has 3 N–H and O–H groups in total. The van der Waals surface area contributed by atoms with Crippen LogP contribution in [-0.4, -0.2) is 55.7 Å². The maximum Gasteiger partial charge on any atom is 0.237 e. The van der Waals surface area contributed by atoms with Crippen molar-refractivity contribution in [1.82, 2.24) is 10.2 Å². The largest absolute Gasteiger partial charge is 0.381 e. The SMILES string of the molecule is C=CCN(CC=C)C(CNC(=O)C(N)C1CCOCC1)C(C)C.Cl.Cl. The molecule has 1 saturated heterocycles. The molecule has 7 heteroatoms. The predicted molar refractivity (Wildman–Crippen MR) is 110 cm³/mol. The molecule has 1 aliphatic rings. The Morgan fingerprint density at radius 1 is 1.24 bits per heavy atom. The van der Waals surface area contributed by atoms with E-state index in [1.807, 2.05) is 12.2 Å². The molecule has 0 aromatic rings. The van der Waals surface area contributed by atoms with Crippen LogP contribution in [0.5, 0.6) is 0 Å². The van der Waals surface area contributed by atoms with Crippen LogP contribution < -0.4 is 11.1 Å². The van der Waals surface area contributed by atoms with E-state index in [1.165, 1.54) is 0 Å². The molecule has 0 radical (unpaired) electrons. The van der Waals surface area contributed by atoms with Crippen molar-refractivity contribution in [2.75, 3.05) is 32.8 Å². The summed E-state index contributed by atoms with van der Waals surface area (Å²) < 4.78 is 5.33. The van der Waals surface area contributed by atoms with Crippen LogP contribution in [0, 0.1) is 11.8 Å². The molecular weight excluding hydrogens is 361 g/mol. The Hall–Kier alpha value is -0.590. The zero-order valence-electron chi connectivity index (χ0n) is 15.5. The molecule has 1 aliphatic heterocycles. The Morgan fingerprint density at radius 3 is 2.20 bits per heavy atom. The van der Waals surface area contributed by atoms with Crippen molar-refractivity contribution in [2.24, 2.45) is 17.6 Å². The van der Waals surface area contributed by atoms with Crippen molar-refractivity contribution in [3.05, 3.63) is 25.3 Å². The molecule has 1 rings (SSSR count). The number of nitrogens with two attached hydrogens (primary N) is 1. The maximum atomic E-state index is 12.4. The van der Waals surface area contributed by atoms with Crippen molar-refractivity contribution in [1.29, 1.82) is 0 Å². The molecule has 0 bridgehead atoms. The van der Waals surface area contributed by atoms with Gasteiger partial charge in [0.05, 0.1) is 6.04 Å². The molecule has 2 unspecified atom stereocenters. The summed E-state index contributed by atoms with van der Waals surface area (Å²) in [5.74, 6) is 0.577. The van der Waals surface area contributed by atoms with Gasteiger partial charge in [0, 0.05) is 38.9 Å². The fourth-order valence-electron chi connectivity index (χ4n) is 3.08. The molecule has 1 amide bonds. The minimum absolute atomic E-state index is 0. The van der Waals surface area contributed by atoms with E-state index in [2.05, 4.69) is 37.2 Å². The maximum absolute atomic E-state index is 12.4. The molecular formula is C18H35Cl2N3O2. The van der Waals surface area contributed by atoms with Crippen LogP contribution in [0.3, 0.4) is 0 Å². The van der Waals surface area contributed by atoms with Crippen LogP contribution in [0.4, 0.5) is 0 Å². The lowest BCUT2D eigenvalue weighted by Crippen LogP contribution is -2.52. The van der Waals surface area contributed by atoms with Crippen LogP contribution in [0.25, 0.3) is 0 Å². The summed E-state index contributed by atoms with van der Waals surface area (Å²) in [6, 6.07) is -0.212. The average Bonchev–Trinajstić information content (AvgIpc) is 2.55. The third-order valence-electron chi connectivity index (χ3n) is 4.53. The molecule has 2 atom stereocenters. The van der Waals surface area contributed by atoms with Gasteiger partial charge in [0.25, 0.3) is 0 Å². The van der Waals surface area contributed by atoms with E-state index in [9.17, 15) is 4.79 Å². The standard InChI is InChI=1S/C18H33N3O2.2ClH/c1-5-9-21(10-6-2)16(14(3)4)13-20-18(22)17(19)15-7-11-23-12-8-15;;/h5-6,14-17H,1-2,7-13,19H2,3-4H3,(H,20,22);2*1H. The number of hydrogen-bond donors (Lipinski definition) is 2. The molecule has 0 spiro atoms. The lowest BCUT2D eigenvalue weighted by Gasteiger charge is -2.34. The van der Waals surface area contributed by atoms with Crippen molar-refractivity contribution >= 4 is 30.7 Å². The van der Waals surface area contributed by atoms with Gasteiger partial charge in [0.15, 0.2) is 0 Å². The monoisotopic (exact) mass is 395 g/mol. The second-order valence-corrected chi connectivity index (χ2v) is 6.56. The number of carbonyl (C=O) groups excluding carboxylic acids is 1. The third-order valence-corrected chi connectivity index (χ3v) is 4.53. The number of rotatable bonds is 10. The zero-order chi connectivity index (χ0) is 17.2. The van der Waals surface area contributed by atoms with Crippen LogP contribution in [-0.2, 0) is 9.53 Å². The van der Waals surface area contributed by atoms with E-state index in [0.29, 0.717) is 25.7 Å². The van der Waals surface area contributed by atoms with Crippen molar-refractivity contribution in [2.45, 2.75) is 38.8 Å². The van der Waals surface area contributed by atoms with E-state index in [4.69, 9.17) is 10.5 Å². The summed E-state index contributed by atoms with van der Waals surface area (Å²) in [7, 11) is 0. The van der Waals surface area contributed by atoms with Gasteiger partial charge in [-0.2, -0.15) is 0 Å². The van der Waals surface area contributed by atoms with Gasteiger partial charge < -0.3 is 15.8 Å².